The van der Waals surface area contributed by atoms with Crippen molar-refractivity contribution in [1.29, 1.82) is 0 Å². The first-order chi connectivity index (χ1) is 7.54. The molecule has 6 heteroatoms. The largest absolute Gasteiger partial charge is 0.481 e. The second kappa shape index (κ2) is 5.81. The first-order valence-electron chi connectivity index (χ1n) is 4.64. The van der Waals surface area contributed by atoms with Crippen molar-refractivity contribution in [2.75, 3.05) is 13.7 Å². The number of nitro benzene ring substituents is 1. The molecule has 0 amide bonds. The summed E-state index contributed by atoms with van der Waals surface area (Å²) in [6.07, 6.45) is -0.232. The molecule has 0 N–H and O–H groups in total. The van der Waals surface area contributed by atoms with Crippen LogP contribution in [0.3, 0.4) is 0 Å². The third kappa shape index (κ3) is 3.46. The Labute approximate surface area is 102 Å². The molecule has 0 aromatic heterocycles. The molecule has 1 aromatic carbocycles. The van der Waals surface area contributed by atoms with Crippen LogP contribution in [-0.4, -0.2) is 24.7 Å². The molecule has 1 atom stereocenters. The summed E-state index contributed by atoms with van der Waals surface area (Å²) < 4.78 is 11.0. The van der Waals surface area contributed by atoms with Crippen molar-refractivity contribution in [3.63, 3.8) is 0 Å². The van der Waals surface area contributed by atoms with Crippen LogP contribution in [0.2, 0.25) is 0 Å². The van der Waals surface area contributed by atoms with Crippen LogP contribution in [0.1, 0.15) is 6.92 Å². The standard InChI is InChI=1S/C10H12BrNO4/c1-7(6-15-2)16-10-4-3-8(11)5-9(10)12(13)14/h3-5,7H,6H2,1-2H3. The lowest BCUT2D eigenvalue weighted by Crippen LogP contribution is -2.18. The van der Waals surface area contributed by atoms with E-state index in [0.29, 0.717) is 11.1 Å². The van der Waals surface area contributed by atoms with Gasteiger partial charge in [0.25, 0.3) is 0 Å². The molecule has 0 aliphatic heterocycles. The minimum atomic E-state index is -0.473. The molecule has 1 unspecified atom stereocenters. The number of ether oxygens (including phenoxy) is 2. The molecule has 16 heavy (non-hydrogen) atoms. The van der Waals surface area contributed by atoms with Gasteiger partial charge in [-0.2, -0.15) is 0 Å². The predicted octanol–water partition coefficient (Wildman–Crippen LogP) is 2.77. The first-order valence-corrected chi connectivity index (χ1v) is 5.43. The lowest BCUT2D eigenvalue weighted by atomic mass is 10.3. The lowest BCUT2D eigenvalue weighted by Gasteiger charge is -2.13. The molecule has 0 aliphatic carbocycles. The normalized spacial score (nSPS) is 12.2. The molecule has 0 aliphatic rings. The second-order valence-corrected chi connectivity index (χ2v) is 4.17. The summed E-state index contributed by atoms with van der Waals surface area (Å²) >= 11 is 3.18. The number of halogens is 1. The monoisotopic (exact) mass is 289 g/mol. The summed E-state index contributed by atoms with van der Waals surface area (Å²) in [4.78, 5) is 10.3. The van der Waals surface area contributed by atoms with E-state index in [0.717, 1.165) is 0 Å². The Balaban J connectivity index is 2.90. The minimum Gasteiger partial charge on any atom is -0.481 e. The highest BCUT2D eigenvalue weighted by atomic mass is 79.9. The minimum absolute atomic E-state index is 0.0580. The van der Waals surface area contributed by atoms with Crippen LogP contribution in [-0.2, 0) is 4.74 Å². The third-order valence-corrected chi connectivity index (χ3v) is 2.34. The van der Waals surface area contributed by atoms with Crippen molar-refractivity contribution in [1.82, 2.24) is 0 Å². The van der Waals surface area contributed by atoms with E-state index in [9.17, 15) is 10.1 Å². The molecule has 0 saturated carbocycles. The van der Waals surface area contributed by atoms with Gasteiger partial charge < -0.3 is 9.47 Å². The quantitative estimate of drug-likeness (QED) is 0.618. The SMILES string of the molecule is COCC(C)Oc1ccc(Br)cc1[N+](=O)[O-]. The van der Waals surface area contributed by atoms with Gasteiger partial charge in [0, 0.05) is 17.6 Å². The van der Waals surface area contributed by atoms with Gasteiger partial charge >= 0.3 is 5.69 Å². The van der Waals surface area contributed by atoms with E-state index in [1.54, 1.807) is 26.2 Å². The van der Waals surface area contributed by atoms with Crippen LogP contribution in [0.15, 0.2) is 22.7 Å². The topological polar surface area (TPSA) is 61.6 Å². The van der Waals surface area contributed by atoms with Crippen molar-refractivity contribution < 1.29 is 14.4 Å². The number of rotatable bonds is 5. The second-order valence-electron chi connectivity index (χ2n) is 3.25. The van der Waals surface area contributed by atoms with Crippen molar-refractivity contribution in [3.05, 3.63) is 32.8 Å². The van der Waals surface area contributed by atoms with E-state index in [-0.39, 0.29) is 17.5 Å². The van der Waals surface area contributed by atoms with Gasteiger partial charge in [-0.15, -0.1) is 0 Å². The molecule has 1 rings (SSSR count). The maximum atomic E-state index is 10.8. The summed E-state index contributed by atoms with van der Waals surface area (Å²) in [5.74, 6) is 0.248. The molecule has 0 spiro atoms. The number of benzene rings is 1. The average Bonchev–Trinajstić information content (AvgIpc) is 2.20. The summed E-state index contributed by atoms with van der Waals surface area (Å²) in [7, 11) is 1.55. The van der Waals surface area contributed by atoms with Crippen LogP contribution < -0.4 is 4.74 Å². The number of nitrogens with zero attached hydrogens (tertiary/aromatic N) is 1. The Morgan fingerprint density at radius 2 is 2.25 bits per heavy atom. The average molecular weight is 290 g/mol. The number of methoxy groups -OCH3 is 1. The van der Waals surface area contributed by atoms with Crippen molar-refractivity contribution >= 4 is 21.6 Å². The summed E-state index contributed by atoms with van der Waals surface area (Å²) in [5, 5.41) is 10.8. The third-order valence-electron chi connectivity index (χ3n) is 1.85. The maximum Gasteiger partial charge on any atom is 0.312 e. The van der Waals surface area contributed by atoms with E-state index in [1.165, 1.54) is 6.07 Å². The van der Waals surface area contributed by atoms with Crippen molar-refractivity contribution in [3.8, 4) is 5.75 Å². The van der Waals surface area contributed by atoms with E-state index < -0.39 is 4.92 Å². The van der Waals surface area contributed by atoms with Gasteiger partial charge in [-0.1, -0.05) is 15.9 Å². The van der Waals surface area contributed by atoms with E-state index in [2.05, 4.69) is 15.9 Å². The molecule has 0 bridgehead atoms. The van der Waals surface area contributed by atoms with Crippen LogP contribution in [0.25, 0.3) is 0 Å². The molecule has 88 valence electrons. The van der Waals surface area contributed by atoms with Crippen molar-refractivity contribution in [2.24, 2.45) is 0 Å². The fraction of sp³-hybridized carbons (Fsp3) is 0.400. The zero-order valence-corrected chi connectivity index (χ0v) is 10.6. The Morgan fingerprint density at radius 3 is 2.81 bits per heavy atom. The lowest BCUT2D eigenvalue weighted by molar-refractivity contribution is -0.386. The van der Waals surface area contributed by atoms with Gasteiger partial charge in [0.15, 0.2) is 5.75 Å². The van der Waals surface area contributed by atoms with E-state index in [1.807, 2.05) is 0 Å². The molecule has 0 saturated heterocycles. The Hall–Kier alpha value is -1.14. The number of hydrogen-bond acceptors (Lipinski definition) is 4. The van der Waals surface area contributed by atoms with Gasteiger partial charge in [-0.25, -0.2) is 0 Å². The molecular weight excluding hydrogens is 278 g/mol. The van der Waals surface area contributed by atoms with Crippen LogP contribution in [0.4, 0.5) is 5.69 Å². The van der Waals surface area contributed by atoms with Gasteiger partial charge in [-0.3, -0.25) is 10.1 Å². The molecular formula is C10H12BrNO4. The van der Waals surface area contributed by atoms with Gasteiger partial charge in [0.05, 0.1) is 11.5 Å². The summed E-state index contributed by atoms with van der Waals surface area (Å²) in [5.41, 5.74) is -0.0580. The van der Waals surface area contributed by atoms with Crippen LogP contribution >= 0.6 is 15.9 Å². The predicted molar refractivity (Wildman–Crippen MR) is 62.8 cm³/mol. The van der Waals surface area contributed by atoms with Crippen LogP contribution in [0.5, 0.6) is 5.75 Å². The Bertz CT molecular complexity index is 383. The summed E-state index contributed by atoms with van der Waals surface area (Å²) in [6.45, 7) is 2.17. The highest BCUT2D eigenvalue weighted by molar-refractivity contribution is 9.10. The molecule has 1 aromatic rings. The fourth-order valence-electron chi connectivity index (χ4n) is 1.22. The molecule has 5 nitrogen and oxygen atoms in total. The first kappa shape index (κ1) is 12.9. The molecule has 0 heterocycles. The zero-order chi connectivity index (χ0) is 12.1. The van der Waals surface area contributed by atoms with E-state index in [4.69, 9.17) is 9.47 Å². The van der Waals surface area contributed by atoms with E-state index >= 15 is 0 Å². The van der Waals surface area contributed by atoms with Crippen molar-refractivity contribution in [2.45, 2.75) is 13.0 Å². The highest BCUT2D eigenvalue weighted by Crippen LogP contribution is 2.30. The number of nitro groups is 1. The van der Waals surface area contributed by atoms with Gasteiger partial charge in [0.1, 0.15) is 6.10 Å². The highest BCUT2D eigenvalue weighted by Gasteiger charge is 2.17. The maximum absolute atomic E-state index is 10.8. The fourth-order valence-corrected chi connectivity index (χ4v) is 1.57. The smallest absolute Gasteiger partial charge is 0.312 e. The number of hydrogen-bond donors (Lipinski definition) is 0. The van der Waals surface area contributed by atoms with Crippen LogP contribution in [0, 0.1) is 10.1 Å². The zero-order valence-electron chi connectivity index (χ0n) is 8.97. The molecule has 0 fully saturated rings. The van der Waals surface area contributed by atoms with Gasteiger partial charge in [-0.05, 0) is 19.1 Å². The Kier molecular flexibility index (Phi) is 4.70. The summed E-state index contributed by atoms with van der Waals surface area (Å²) in [6, 6.07) is 4.67. The Morgan fingerprint density at radius 1 is 1.56 bits per heavy atom. The molecule has 0 radical (unpaired) electrons. The van der Waals surface area contributed by atoms with Gasteiger partial charge in [0.2, 0.25) is 0 Å².